The van der Waals surface area contributed by atoms with E-state index in [1.54, 1.807) is 0 Å². The third-order valence-corrected chi connectivity index (χ3v) is 3.37. The van der Waals surface area contributed by atoms with Crippen LogP contribution in [0.15, 0.2) is 60.7 Å². The molecule has 0 aliphatic rings. The second kappa shape index (κ2) is 6.34. The SMILES string of the molecule is CCC(NN)C(c1ccccc1)c1ccccc1. The van der Waals surface area contributed by atoms with E-state index in [9.17, 15) is 0 Å². The van der Waals surface area contributed by atoms with Gasteiger partial charge in [-0.3, -0.25) is 11.3 Å². The van der Waals surface area contributed by atoms with Gasteiger partial charge in [-0.2, -0.15) is 0 Å². The van der Waals surface area contributed by atoms with Crippen LogP contribution in [0.4, 0.5) is 0 Å². The fraction of sp³-hybridized carbons (Fsp3) is 0.250. The molecule has 2 nitrogen and oxygen atoms in total. The molecule has 0 saturated heterocycles. The van der Waals surface area contributed by atoms with Gasteiger partial charge in [0.25, 0.3) is 0 Å². The first-order valence-corrected chi connectivity index (χ1v) is 6.42. The molecule has 0 aromatic heterocycles. The third-order valence-electron chi connectivity index (χ3n) is 3.37. The van der Waals surface area contributed by atoms with E-state index in [2.05, 4.69) is 60.9 Å². The zero-order chi connectivity index (χ0) is 12.8. The summed E-state index contributed by atoms with van der Waals surface area (Å²) in [6, 6.07) is 21.3. The molecule has 2 heteroatoms. The van der Waals surface area contributed by atoms with Crippen molar-refractivity contribution >= 4 is 0 Å². The highest BCUT2D eigenvalue weighted by Gasteiger charge is 2.22. The van der Waals surface area contributed by atoms with Gasteiger partial charge in [-0.1, -0.05) is 67.6 Å². The fourth-order valence-electron chi connectivity index (χ4n) is 2.43. The first-order chi connectivity index (χ1) is 8.86. The van der Waals surface area contributed by atoms with Gasteiger partial charge in [0.1, 0.15) is 0 Å². The van der Waals surface area contributed by atoms with Crippen LogP contribution in [-0.4, -0.2) is 6.04 Å². The minimum atomic E-state index is 0.245. The lowest BCUT2D eigenvalue weighted by Gasteiger charge is -2.26. The summed E-state index contributed by atoms with van der Waals surface area (Å²) in [6.07, 6.45) is 0.991. The molecule has 2 aromatic rings. The Morgan fingerprint density at radius 2 is 1.33 bits per heavy atom. The van der Waals surface area contributed by atoms with E-state index < -0.39 is 0 Å². The molecule has 0 spiro atoms. The van der Waals surface area contributed by atoms with E-state index in [4.69, 9.17) is 5.84 Å². The molecule has 2 aromatic carbocycles. The van der Waals surface area contributed by atoms with Crippen LogP contribution in [0.5, 0.6) is 0 Å². The Morgan fingerprint density at radius 1 is 0.889 bits per heavy atom. The summed E-state index contributed by atoms with van der Waals surface area (Å²) in [6.45, 7) is 2.16. The highest BCUT2D eigenvalue weighted by molar-refractivity contribution is 5.34. The number of hydrazine groups is 1. The van der Waals surface area contributed by atoms with Crippen LogP contribution >= 0.6 is 0 Å². The number of hydrogen-bond acceptors (Lipinski definition) is 2. The number of hydrogen-bond donors (Lipinski definition) is 2. The Morgan fingerprint density at radius 3 is 1.67 bits per heavy atom. The Labute approximate surface area is 109 Å². The highest BCUT2D eigenvalue weighted by Crippen LogP contribution is 2.28. The molecule has 94 valence electrons. The van der Waals surface area contributed by atoms with Crippen LogP contribution < -0.4 is 11.3 Å². The van der Waals surface area contributed by atoms with Crippen molar-refractivity contribution in [2.45, 2.75) is 25.3 Å². The monoisotopic (exact) mass is 240 g/mol. The van der Waals surface area contributed by atoms with Gasteiger partial charge in [0.15, 0.2) is 0 Å². The summed E-state index contributed by atoms with van der Waals surface area (Å²) in [4.78, 5) is 0. The van der Waals surface area contributed by atoms with Crippen molar-refractivity contribution in [3.8, 4) is 0 Å². The van der Waals surface area contributed by atoms with E-state index in [1.165, 1.54) is 11.1 Å². The Hall–Kier alpha value is -1.64. The summed E-state index contributed by atoms with van der Waals surface area (Å²) in [7, 11) is 0. The van der Waals surface area contributed by atoms with E-state index in [0.717, 1.165) is 6.42 Å². The van der Waals surface area contributed by atoms with Crippen LogP contribution in [0.3, 0.4) is 0 Å². The molecule has 1 unspecified atom stereocenters. The molecular weight excluding hydrogens is 220 g/mol. The molecule has 0 radical (unpaired) electrons. The van der Waals surface area contributed by atoms with E-state index in [-0.39, 0.29) is 6.04 Å². The van der Waals surface area contributed by atoms with Crippen LogP contribution in [0.2, 0.25) is 0 Å². The van der Waals surface area contributed by atoms with E-state index in [0.29, 0.717) is 5.92 Å². The topological polar surface area (TPSA) is 38.0 Å². The minimum absolute atomic E-state index is 0.245. The minimum Gasteiger partial charge on any atom is -0.271 e. The van der Waals surface area contributed by atoms with E-state index >= 15 is 0 Å². The Balaban J connectivity index is 2.41. The maximum Gasteiger partial charge on any atom is 0.0317 e. The summed E-state index contributed by atoms with van der Waals surface area (Å²) in [5.74, 6) is 6.00. The van der Waals surface area contributed by atoms with Gasteiger partial charge in [0.05, 0.1) is 0 Å². The zero-order valence-corrected chi connectivity index (χ0v) is 10.7. The lowest BCUT2D eigenvalue weighted by Crippen LogP contribution is -2.39. The van der Waals surface area contributed by atoms with Crippen LogP contribution in [0, 0.1) is 0 Å². The average Bonchev–Trinajstić information content (AvgIpc) is 2.46. The molecule has 2 rings (SSSR count). The Kier molecular flexibility index (Phi) is 4.51. The highest BCUT2D eigenvalue weighted by atomic mass is 15.2. The van der Waals surface area contributed by atoms with Crippen molar-refractivity contribution < 1.29 is 0 Å². The van der Waals surface area contributed by atoms with Crippen LogP contribution in [0.25, 0.3) is 0 Å². The fourth-order valence-corrected chi connectivity index (χ4v) is 2.43. The average molecular weight is 240 g/mol. The van der Waals surface area contributed by atoms with Gasteiger partial charge in [-0.15, -0.1) is 0 Å². The lowest BCUT2D eigenvalue weighted by atomic mass is 9.84. The molecule has 1 atom stereocenters. The molecular formula is C16H20N2. The lowest BCUT2D eigenvalue weighted by molar-refractivity contribution is 0.466. The Bertz CT molecular complexity index is 410. The number of nitrogens with two attached hydrogens (primary N) is 1. The van der Waals surface area contributed by atoms with Crippen molar-refractivity contribution in [3.05, 3.63) is 71.8 Å². The molecule has 18 heavy (non-hydrogen) atoms. The van der Waals surface area contributed by atoms with Gasteiger partial charge >= 0.3 is 0 Å². The summed E-state index contributed by atoms with van der Waals surface area (Å²) in [5, 5.41) is 0. The van der Waals surface area contributed by atoms with Gasteiger partial charge < -0.3 is 0 Å². The second-order valence-corrected chi connectivity index (χ2v) is 4.48. The predicted octanol–water partition coefficient (Wildman–Crippen LogP) is 3.06. The summed E-state index contributed by atoms with van der Waals surface area (Å²) < 4.78 is 0. The van der Waals surface area contributed by atoms with Crippen molar-refractivity contribution in [1.82, 2.24) is 5.43 Å². The maximum absolute atomic E-state index is 5.71. The van der Waals surface area contributed by atoms with E-state index in [1.807, 2.05) is 12.1 Å². The number of benzene rings is 2. The van der Waals surface area contributed by atoms with Gasteiger partial charge in [-0.25, -0.2) is 0 Å². The largest absolute Gasteiger partial charge is 0.271 e. The summed E-state index contributed by atoms with van der Waals surface area (Å²) >= 11 is 0. The second-order valence-electron chi connectivity index (χ2n) is 4.48. The predicted molar refractivity (Wildman–Crippen MR) is 76.1 cm³/mol. The van der Waals surface area contributed by atoms with Crippen molar-refractivity contribution in [2.75, 3.05) is 0 Å². The smallest absolute Gasteiger partial charge is 0.0317 e. The quantitative estimate of drug-likeness (QED) is 0.622. The zero-order valence-electron chi connectivity index (χ0n) is 10.7. The van der Waals surface area contributed by atoms with Crippen molar-refractivity contribution in [1.29, 1.82) is 0 Å². The van der Waals surface area contributed by atoms with Gasteiger partial charge in [0, 0.05) is 12.0 Å². The molecule has 0 aliphatic carbocycles. The first-order valence-electron chi connectivity index (χ1n) is 6.42. The number of rotatable bonds is 5. The molecule has 0 aliphatic heterocycles. The van der Waals surface area contributed by atoms with Crippen molar-refractivity contribution in [3.63, 3.8) is 0 Å². The molecule has 0 fully saturated rings. The molecule has 0 saturated carbocycles. The van der Waals surface area contributed by atoms with Crippen LogP contribution in [-0.2, 0) is 0 Å². The maximum atomic E-state index is 5.71. The molecule has 0 amide bonds. The number of nitrogens with one attached hydrogen (secondary N) is 1. The van der Waals surface area contributed by atoms with Gasteiger partial charge in [-0.05, 0) is 17.5 Å². The van der Waals surface area contributed by atoms with Crippen LogP contribution in [0.1, 0.15) is 30.4 Å². The standard InChI is InChI=1S/C16H20N2/c1-2-15(18-17)16(13-9-5-3-6-10-13)14-11-7-4-8-12-14/h3-12,15-16,18H,2,17H2,1H3. The third kappa shape index (κ3) is 2.78. The van der Waals surface area contributed by atoms with Crippen molar-refractivity contribution in [2.24, 2.45) is 5.84 Å². The molecule has 0 bridgehead atoms. The first kappa shape index (κ1) is 12.8. The van der Waals surface area contributed by atoms with Gasteiger partial charge in [0.2, 0.25) is 0 Å². The molecule has 0 heterocycles. The normalized spacial score (nSPS) is 12.6. The summed E-state index contributed by atoms with van der Waals surface area (Å²) in [5.41, 5.74) is 5.55. The molecule has 3 N–H and O–H groups in total.